The molecule has 1 rings (SSSR count). The lowest BCUT2D eigenvalue weighted by Crippen LogP contribution is -2.29. The summed E-state index contributed by atoms with van der Waals surface area (Å²) in [4.78, 5) is 15.2. The van der Waals surface area contributed by atoms with Crippen LogP contribution in [0.25, 0.3) is 0 Å². The van der Waals surface area contributed by atoms with Crippen LogP contribution in [0.4, 0.5) is 0 Å². The van der Waals surface area contributed by atoms with Crippen molar-refractivity contribution in [2.75, 3.05) is 27.2 Å². The fourth-order valence-corrected chi connectivity index (χ4v) is 1.48. The molecule has 1 saturated heterocycles. The summed E-state index contributed by atoms with van der Waals surface area (Å²) in [6.45, 7) is 1.57. The number of nitrogens with zero attached hydrogens (tertiary/aromatic N) is 3. The predicted octanol–water partition coefficient (Wildman–Crippen LogP) is 0.578. The number of carbonyl (C=O) groups is 1. The van der Waals surface area contributed by atoms with Crippen molar-refractivity contribution in [2.45, 2.75) is 12.8 Å². The Hall–Kier alpha value is -1.50. The monoisotopic (exact) mass is 193 g/mol. The van der Waals surface area contributed by atoms with Crippen LogP contribution in [0, 0.1) is 11.3 Å². The SMILES string of the molecule is CN(C)/C=C(/C#N)C(=O)N1CCCC1. The Morgan fingerprint density at radius 2 is 2.00 bits per heavy atom. The second-order valence-electron chi connectivity index (χ2n) is 3.62. The summed E-state index contributed by atoms with van der Waals surface area (Å²) in [5, 5.41) is 8.81. The Morgan fingerprint density at radius 3 is 2.43 bits per heavy atom. The molecule has 0 radical (unpaired) electrons. The normalized spacial score (nSPS) is 16.6. The molecule has 76 valence electrons. The third kappa shape index (κ3) is 2.49. The minimum atomic E-state index is -0.140. The predicted molar refractivity (Wildman–Crippen MR) is 53.2 cm³/mol. The summed E-state index contributed by atoms with van der Waals surface area (Å²) in [6, 6.07) is 1.94. The minimum Gasteiger partial charge on any atom is -0.382 e. The van der Waals surface area contributed by atoms with Crippen molar-refractivity contribution in [1.82, 2.24) is 9.80 Å². The molecule has 0 unspecified atom stereocenters. The van der Waals surface area contributed by atoms with Gasteiger partial charge in [0.05, 0.1) is 0 Å². The Labute approximate surface area is 84.4 Å². The van der Waals surface area contributed by atoms with E-state index in [4.69, 9.17) is 5.26 Å². The van der Waals surface area contributed by atoms with Crippen molar-refractivity contribution in [1.29, 1.82) is 5.26 Å². The van der Waals surface area contributed by atoms with E-state index in [2.05, 4.69) is 0 Å². The Balaban J connectivity index is 2.70. The molecular formula is C10H15N3O. The third-order valence-corrected chi connectivity index (χ3v) is 2.13. The smallest absolute Gasteiger partial charge is 0.266 e. The first-order chi connectivity index (χ1) is 6.65. The molecule has 0 aromatic heterocycles. The van der Waals surface area contributed by atoms with Crippen molar-refractivity contribution in [3.05, 3.63) is 11.8 Å². The molecule has 1 amide bonds. The van der Waals surface area contributed by atoms with E-state index in [1.54, 1.807) is 30.1 Å². The molecule has 0 N–H and O–H groups in total. The second-order valence-corrected chi connectivity index (χ2v) is 3.62. The molecule has 4 nitrogen and oxygen atoms in total. The van der Waals surface area contributed by atoms with Crippen LogP contribution in [0.15, 0.2) is 11.8 Å². The Bertz CT molecular complexity index is 282. The lowest BCUT2D eigenvalue weighted by atomic mass is 10.3. The first kappa shape index (κ1) is 10.6. The van der Waals surface area contributed by atoms with Gasteiger partial charge in [-0.1, -0.05) is 0 Å². The number of nitriles is 1. The highest BCUT2D eigenvalue weighted by molar-refractivity contribution is 5.97. The number of likely N-dealkylation sites (tertiary alicyclic amines) is 1. The average molecular weight is 193 g/mol. The lowest BCUT2D eigenvalue weighted by Gasteiger charge is -2.15. The molecule has 0 aliphatic carbocycles. The highest BCUT2D eigenvalue weighted by Gasteiger charge is 2.21. The van der Waals surface area contributed by atoms with Crippen molar-refractivity contribution in [3.8, 4) is 6.07 Å². The van der Waals surface area contributed by atoms with E-state index in [0.717, 1.165) is 25.9 Å². The average Bonchev–Trinajstić information content (AvgIpc) is 2.65. The van der Waals surface area contributed by atoms with Gasteiger partial charge in [-0.15, -0.1) is 0 Å². The van der Waals surface area contributed by atoms with Gasteiger partial charge < -0.3 is 9.80 Å². The second kappa shape index (κ2) is 4.66. The number of hydrogen-bond acceptors (Lipinski definition) is 3. The minimum absolute atomic E-state index is 0.140. The molecular weight excluding hydrogens is 178 g/mol. The standard InChI is InChI=1S/C10H15N3O/c1-12(2)8-9(7-11)10(14)13-5-3-4-6-13/h8H,3-6H2,1-2H3/b9-8-. The van der Waals surface area contributed by atoms with Gasteiger partial charge in [0.2, 0.25) is 0 Å². The first-order valence-electron chi connectivity index (χ1n) is 4.73. The summed E-state index contributed by atoms with van der Waals surface area (Å²) in [6.07, 6.45) is 3.67. The molecule has 1 heterocycles. The quantitative estimate of drug-likeness (QED) is 0.476. The van der Waals surface area contributed by atoms with E-state index in [1.165, 1.54) is 0 Å². The van der Waals surface area contributed by atoms with Gasteiger partial charge in [-0.3, -0.25) is 4.79 Å². The van der Waals surface area contributed by atoms with Gasteiger partial charge in [0, 0.05) is 33.4 Å². The molecule has 1 aliphatic heterocycles. The van der Waals surface area contributed by atoms with Crippen LogP contribution in [-0.4, -0.2) is 42.9 Å². The van der Waals surface area contributed by atoms with Gasteiger partial charge in [0.15, 0.2) is 0 Å². The number of carbonyl (C=O) groups excluding carboxylic acids is 1. The van der Waals surface area contributed by atoms with E-state index in [0.29, 0.717) is 0 Å². The van der Waals surface area contributed by atoms with Crippen molar-refractivity contribution >= 4 is 5.91 Å². The summed E-state index contributed by atoms with van der Waals surface area (Å²) >= 11 is 0. The van der Waals surface area contributed by atoms with Gasteiger partial charge in [-0.05, 0) is 12.8 Å². The van der Waals surface area contributed by atoms with Crippen LogP contribution in [-0.2, 0) is 4.79 Å². The van der Waals surface area contributed by atoms with Crippen LogP contribution in [0.2, 0.25) is 0 Å². The topological polar surface area (TPSA) is 47.3 Å². The van der Waals surface area contributed by atoms with Crippen molar-refractivity contribution in [2.24, 2.45) is 0 Å². The van der Waals surface area contributed by atoms with Crippen LogP contribution >= 0.6 is 0 Å². The highest BCUT2D eigenvalue weighted by atomic mass is 16.2. The van der Waals surface area contributed by atoms with Crippen LogP contribution < -0.4 is 0 Å². The third-order valence-electron chi connectivity index (χ3n) is 2.13. The summed E-state index contributed by atoms with van der Waals surface area (Å²) in [7, 11) is 3.60. The molecule has 0 saturated carbocycles. The molecule has 0 atom stereocenters. The summed E-state index contributed by atoms with van der Waals surface area (Å²) < 4.78 is 0. The van der Waals surface area contributed by atoms with Gasteiger partial charge in [0.25, 0.3) is 5.91 Å². The maximum Gasteiger partial charge on any atom is 0.266 e. The molecule has 0 spiro atoms. The van der Waals surface area contributed by atoms with E-state index >= 15 is 0 Å². The van der Waals surface area contributed by atoms with Gasteiger partial charge in [-0.2, -0.15) is 5.26 Å². The maximum atomic E-state index is 11.7. The molecule has 0 aromatic rings. The summed E-state index contributed by atoms with van der Waals surface area (Å²) in [5.74, 6) is -0.140. The zero-order chi connectivity index (χ0) is 10.6. The lowest BCUT2D eigenvalue weighted by molar-refractivity contribution is -0.125. The summed E-state index contributed by atoms with van der Waals surface area (Å²) in [5.41, 5.74) is 0.219. The molecule has 14 heavy (non-hydrogen) atoms. The van der Waals surface area contributed by atoms with Gasteiger partial charge in [-0.25, -0.2) is 0 Å². The van der Waals surface area contributed by atoms with Crippen LogP contribution in [0.1, 0.15) is 12.8 Å². The van der Waals surface area contributed by atoms with Gasteiger partial charge >= 0.3 is 0 Å². The largest absolute Gasteiger partial charge is 0.382 e. The molecule has 1 fully saturated rings. The van der Waals surface area contributed by atoms with E-state index < -0.39 is 0 Å². The Morgan fingerprint density at radius 1 is 1.43 bits per heavy atom. The van der Waals surface area contributed by atoms with E-state index in [1.807, 2.05) is 6.07 Å². The molecule has 0 aromatic carbocycles. The number of rotatable bonds is 2. The van der Waals surface area contributed by atoms with Crippen molar-refractivity contribution < 1.29 is 4.79 Å². The van der Waals surface area contributed by atoms with Crippen molar-refractivity contribution in [3.63, 3.8) is 0 Å². The maximum absolute atomic E-state index is 11.7. The zero-order valence-electron chi connectivity index (χ0n) is 8.66. The number of hydrogen-bond donors (Lipinski definition) is 0. The number of amides is 1. The van der Waals surface area contributed by atoms with Crippen LogP contribution in [0.3, 0.4) is 0 Å². The highest BCUT2D eigenvalue weighted by Crippen LogP contribution is 2.11. The van der Waals surface area contributed by atoms with E-state index in [-0.39, 0.29) is 11.5 Å². The molecule has 4 heteroatoms. The van der Waals surface area contributed by atoms with Crippen LogP contribution in [0.5, 0.6) is 0 Å². The first-order valence-corrected chi connectivity index (χ1v) is 4.73. The zero-order valence-corrected chi connectivity index (χ0v) is 8.66. The fraction of sp³-hybridized carbons (Fsp3) is 0.600. The Kier molecular flexibility index (Phi) is 3.52. The molecule has 0 bridgehead atoms. The molecule has 1 aliphatic rings. The van der Waals surface area contributed by atoms with Gasteiger partial charge in [0.1, 0.15) is 11.6 Å². The van der Waals surface area contributed by atoms with E-state index in [9.17, 15) is 4.79 Å². The fourth-order valence-electron chi connectivity index (χ4n) is 1.48.